The van der Waals surface area contributed by atoms with Crippen molar-refractivity contribution in [1.82, 2.24) is 25.1 Å². The maximum Gasteiger partial charge on any atom is 0.434 e. The summed E-state index contributed by atoms with van der Waals surface area (Å²) in [6, 6.07) is 4.72. The molecule has 0 bridgehead atoms. The fourth-order valence-electron chi connectivity index (χ4n) is 4.04. The molecule has 0 spiro atoms. The molecule has 1 fully saturated rings. The van der Waals surface area contributed by atoms with E-state index in [1.165, 1.54) is 16.7 Å². The van der Waals surface area contributed by atoms with Crippen molar-refractivity contribution >= 4 is 29.0 Å². The third kappa shape index (κ3) is 5.49. The molecule has 1 unspecified atom stereocenters. The number of halogens is 6. The second kappa shape index (κ2) is 9.34. The van der Waals surface area contributed by atoms with Crippen molar-refractivity contribution in [2.75, 3.05) is 11.9 Å². The van der Waals surface area contributed by atoms with E-state index in [9.17, 15) is 26.7 Å². The van der Waals surface area contributed by atoms with Gasteiger partial charge >= 0.3 is 6.18 Å². The highest BCUT2D eigenvalue weighted by atomic mass is 35.5. The third-order valence-electron chi connectivity index (χ3n) is 5.64. The molecule has 3 N–H and O–H groups in total. The van der Waals surface area contributed by atoms with E-state index in [4.69, 9.17) is 11.6 Å². The van der Waals surface area contributed by atoms with E-state index >= 15 is 0 Å². The van der Waals surface area contributed by atoms with Crippen LogP contribution in [0.3, 0.4) is 0 Å². The van der Waals surface area contributed by atoms with Gasteiger partial charge in [0.25, 0.3) is 12.3 Å². The molecule has 0 saturated heterocycles. The lowest BCUT2D eigenvalue weighted by Gasteiger charge is -2.30. The highest BCUT2D eigenvalue weighted by Crippen LogP contribution is 2.30. The van der Waals surface area contributed by atoms with Crippen LogP contribution in [0.5, 0.6) is 0 Å². The van der Waals surface area contributed by atoms with E-state index in [0.29, 0.717) is 31.5 Å². The number of hydrogen-bond acceptors (Lipinski definition) is 5. The molecule has 2 aromatic heterocycles. The fraction of sp³-hybridized carbons (Fsp3) is 0.500. The Bertz CT molecular complexity index is 1030. The van der Waals surface area contributed by atoms with Gasteiger partial charge in [-0.05, 0) is 37.8 Å². The number of hydrogen-bond donors (Lipinski definition) is 3. The Morgan fingerprint density at radius 1 is 1.21 bits per heavy atom. The average Bonchev–Trinajstić information content (AvgIpc) is 3.33. The molecule has 3 heterocycles. The SMILES string of the molecule is O=C(NC1CCC(Nc2cccc3nc(C(F)(F)F)cn23)CC1)C1=CN(CC(F)F)NC1Cl. The number of fused-ring (bicyclic) bond motifs is 1. The summed E-state index contributed by atoms with van der Waals surface area (Å²) in [6.45, 7) is -0.578. The Hall–Kier alpha value is -2.60. The molecular formula is C20H22ClF5N6O. The van der Waals surface area contributed by atoms with Gasteiger partial charge in [0.05, 0.1) is 12.1 Å². The minimum Gasteiger partial charge on any atom is -0.368 e. The molecule has 1 amide bonds. The number of carbonyl (C=O) groups excluding carboxylic acids is 1. The minimum atomic E-state index is -4.53. The monoisotopic (exact) mass is 492 g/mol. The number of anilines is 1. The van der Waals surface area contributed by atoms with Crippen LogP contribution in [0.4, 0.5) is 27.8 Å². The topological polar surface area (TPSA) is 73.7 Å². The zero-order valence-electron chi connectivity index (χ0n) is 17.2. The fourth-order valence-corrected chi connectivity index (χ4v) is 4.32. The molecule has 1 aliphatic carbocycles. The summed E-state index contributed by atoms with van der Waals surface area (Å²) < 4.78 is 65.4. The van der Waals surface area contributed by atoms with Gasteiger partial charge in [-0.15, -0.1) is 0 Å². The Balaban J connectivity index is 1.32. The lowest BCUT2D eigenvalue weighted by Crippen LogP contribution is -2.42. The summed E-state index contributed by atoms with van der Waals surface area (Å²) >= 11 is 6.05. The number of pyridine rings is 1. The first-order chi connectivity index (χ1) is 15.6. The first kappa shape index (κ1) is 23.6. The van der Waals surface area contributed by atoms with Crippen LogP contribution in [0.1, 0.15) is 31.4 Å². The maximum atomic E-state index is 13.0. The molecule has 0 radical (unpaired) electrons. The number of amides is 1. The van der Waals surface area contributed by atoms with E-state index in [1.807, 2.05) is 0 Å². The van der Waals surface area contributed by atoms with Crippen LogP contribution in [0.2, 0.25) is 0 Å². The van der Waals surface area contributed by atoms with Gasteiger partial charge in [0.1, 0.15) is 17.0 Å². The molecule has 1 aliphatic heterocycles. The summed E-state index contributed by atoms with van der Waals surface area (Å²) in [4.78, 5) is 16.2. The van der Waals surface area contributed by atoms with E-state index in [1.54, 1.807) is 12.1 Å². The first-order valence-corrected chi connectivity index (χ1v) is 10.8. The summed E-state index contributed by atoms with van der Waals surface area (Å²) in [7, 11) is 0. The molecule has 4 rings (SSSR count). The number of rotatable bonds is 6. The number of carbonyl (C=O) groups is 1. The molecule has 33 heavy (non-hydrogen) atoms. The van der Waals surface area contributed by atoms with Crippen molar-refractivity contribution in [3.63, 3.8) is 0 Å². The van der Waals surface area contributed by atoms with Gasteiger partial charge in [0.2, 0.25) is 0 Å². The van der Waals surface area contributed by atoms with E-state index < -0.39 is 36.2 Å². The molecule has 13 heteroatoms. The van der Waals surface area contributed by atoms with Gasteiger partial charge in [-0.25, -0.2) is 19.2 Å². The van der Waals surface area contributed by atoms with E-state index in [-0.39, 0.29) is 23.3 Å². The van der Waals surface area contributed by atoms with Crippen molar-refractivity contribution in [2.24, 2.45) is 0 Å². The quantitative estimate of drug-likeness (QED) is 0.326. The van der Waals surface area contributed by atoms with Crippen LogP contribution in [-0.2, 0) is 11.0 Å². The lowest BCUT2D eigenvalue weighted by atomic mass is 9.91. The summed E-state index contributed by atoms with van der Waals surface area (Å²) in [5.41, 5.74) is 1.11. The number of aromatic nitrogens is 2. The number of hydrazine groups is 1. The van der Waals surface area contributed by atoms with E-state index in [2.05, 4.69) is 21.0 Å². The van der Waals surface area contributed by atoms with Gasteiger partial charge in [-0.3, -0.25) is 9.20 Å². The Morgan fingerprint density at radius 3 is 2.58 bits per heavy atom. The van der Waals surface area contributed by atoms with Crippen molar-refractivity contribution in [3.8, 4) is 0 Å². The minimum absolute atomic E-state index is 0.00941. The largest absolute Gasteiger partial charge is 0.434 e. The van der Waals surface area contributed by atoms with Crippen molar-refractivity contribution in [1.29, 1.82) is 0 Å². The Labute approximate surface area is 190 Å². The zero-order valence-corrected chi connectivity index (χ0v) is 18.0. The predicted molar refractivity (Wildman–Crippen MR) is 112 cm³/mol. The predicted octanol–water partition coefficient (Wildman–Crippen LogP) is 3.73. The molecule has 180 valence electrons. The van der Waals surface area contributed by atoms with Crippen LogP contribution < -0.4 is 16.1 Å². The van der Waals surface area contributed by atoms with Gasteiger partial charge in [-0.1, -0.05) is 17.7 Å². The van der Waals surface area contributed by atoms with Gasteiger partial charge < -0.3 is 15.6 Å². The van der Waals surface area contributed by atoms with Crippen molar-refractivity contribution in [2.45, 2.75) is 55.9 Å². The molecule has 1 atom stereocenters. The molecule has 7 nitrogen and oxygen atoms in total. The third-order valence-corrected chi connectivity index (χ3v) is 5.97. The van der Waals surface area contributed by atoms with Gasteiger partial charge in [0, 0.05) is 24.5 Å². The van der Waals surface area contributed by atoms with Crippen LogP contribution in [0.15, 0.2) is 36.2 Å². The first-order valence-electron chi connectivity index (χ1n) is 10.4. The molecule has 0 aromatic carbocycles. The summed E-state index contributed by atoms with van der Waals surface area (Å²) in [6.07, 6.45) is -2.20. The van der Waals surface area contributed by atoms with Crippen LogP contribution in [0.25, 0.3) is 5.65 Å². The number of nitrogens with zero attached hydrogens (tertiary/aromatic N) is 3. The lowest BCUT2D eigenvalue weighted by molar-refractivity contribution is -0.140. The van der Waals surface area contributed by atoms with Gasteiger partial charge in [-0.2, -0.15) is 13.2 Å². The van der Waals surface area contributed by atoms with Crippen molar-refractivity contribution < 1.29 is 26.7 Å². The number of nitrogens with one attached hydrogen (secondary N) is 3. The zero-order chi connectivity index (χ0) is 23.8. The second-order valence-corrected chi connectivity index (χ2v) is 8.49. The number of imidazole rings is 1. The van der Waals surface area contributed by atoms with Gasteiger partial charge in [0.15, 0.2) is 5.69 Å². The Morgan fingerprint density at radius 2 is 1.91 bits per heavy atom. The van der Waals surface area contributed by atoms with Crippen molar-refractivity contribution in [3.05, 3.63) is 41.9 Å². The highest BCUT2D eigenvalue weighted by molar-refractivity contribution is 6.25. The summed E-state index contributed by atoms with van der Waals surface area (Å²) in [5.74, 6) is 0.0906. The molecule has 1 saturated carbocycles. The number of alkyl halides is 6. The Kier molecular flexibility index (Phi) is 6.66. The summed E-state index contributed by atoms with van der Waals surface area (Å²) in [5, 5.41) is 7.25. The molecule has 2 aromatic rings. The maximum absolute atomic E-state index is 13.0. The standard InChI is InChI=1S/C20H22ClF5N6O/c21-18-13(8-31(30-18)10-15(22)23)19(33)28-12-6-4-11(5-7-12)27-16-2-1-3-17-29-14(9-32(16)17)20(24,25)26/h1-3,8-9,11-12,15,18,27,30H,4-7,10H2,(H,28,33). The second-order valence-electron chi connectivity index (χ2n) is 8.05. The smallest absolute Gasteiger partial charge is 0.368 e. The highest BCUT2D eigenvalue weighted by Gasteiger charge is 2.34. The van der Waals surface area contributed by atoms with Crippen LogP contribution in [-0.4, -0.2) is 50.9 Å². The van der Waals surface area contributed by atoms with Crippen LogP contribution >= 0.6 is 11.6 Å². The average molecular weight is 493 g/mol. The van der Waals surface area contributed by atoms with E-state index in [0.717, 1.165) is 11.2 Å². The normalized spacial score (nSPS) is 23.8. The molecular weight excluding hydrogens is 471 g/mol. The van der Waals surface area contributed by atoms with Crippen LogP contribution in [0, 0.1) is 0 Å². The molecule has 2 aliphatic rings.